The van der Waals surface area contributed by atoms with Crippen LogP contribution in [0, 0.1) is 11.8 Å². The van der Waals surface area contributed by atoms with E-state index in [-0.39, 0.29) is 0 Å². The highest BCUT2D eigenvalue weighted by Crippen LogP contribution is 2.62. The van der Waals surface area contributed by atoms with Gasteiger partial charge in [0.25, 0.3) is 0 Å². The van der Waals surface area contributed by atoms with E-state index >= 15 is 0 Å². The predicted molar refractivity (Wildman–Crippen MR) is 82.1 cm³/mol. The van der Waals surface area contributed by atoms with Crippen LogP contribution in [-0.2, 0) is 12.8 Å². The molecule has 4 rings (SSSR count). The Morgan fingerprint density at radius 3 is 2.95 bits per heavy atom. The van der Waals surface area contributed by atoms with Gasteiger partial charge in [-0.15, -0.1) is 22.9 Å². The van der Waals surface area contributed by atoms with E-state index in [0.29, 0.717) is 11.3 Å². The highest BCUT2D eigenvalue weighted by Gasteiger charge is 2.55. The lowest BCUT2D eigenvalue weighted by Gasteiger charge is -2.13. The Bertz CT molecular complexity index is 575. The SMILES string of the molecule is ClC(Cc1cccs1)C1C2CCc3ccccc3C21. The van der Waals surface area contributed by atoms with Crippen molar-refractivity contribution in [2.24, 2.45) is 11.8 Å². The molecule has 0 spiro atoms. The minimum atomic E-state index is 0.305. The maximum Gasteiger partial charge on any atom is 0.0421 e. The molecule has 98 valence electrons. The molecule has 2 heteroatoms. The fraction of sp³-hybridized carbons (Fsp3) is 0.412. The number of halogens is 1. The van der Waals surface area contributed by atoms with Gasteiger partial charge in [-0.25, -0.2) is 0 Å². The summed E-state index contributed by atoms with van der Waals surface area (Å²) < 4.78 is 0. The second-order valence-electron chi connectivity index (χ2n) is 5.80. The largest absolute Gasteiger partial charge is 0.149 e. The van der Waals surface area contributed by atoms with Crippen LogP contribution in [0.4, 0.5) is 0 Å². The predicted octanol–water partition coefficient (Wildman–Crippen LogP) is 4.87. The van der Waals surface area contributed by atoms with Crippen molar-refractivity contribution in [2.75, 3.05) is 0 Å². The van der Waals surface area contributed by atoms with Crippen molar-refractivity contribution < 1.29 is 0 Å². The van der Waals surface area contributed by atoms with Gasteiger partial charge >= 0.3 is 0 Å². The number of hydrogen-bond acceptors (Lipinski definition) is 1. The van der Waals surface area contributed by atoms with Crippen molar-refractivity contribution in [3.05, 3.63) is 57.8 Å². The van der Waals surface area contributed by atoms with Crippen molar-refractivity contribution in [1.82, 2.24) is 0 Å². The van der Waals surface area contributed by atoms with E-state index < -0.39 is 0 Å². The second kappa shape index (κ2) is 4.64. The molecular formula is C17H17ClS. The first kappa shape index (κ1) is 12.0. The maximum absolute atomic E-state index is 6.72. The Morgan fingerprint density at radius 2 is 2.11 bits per heavy atom. The molecule has 2 aliphatic carbocycles. The Morgan fingerprint density at radius 1 is 1.21 bits per heavy atom. The van der Waals surface area contributed by atoms with Gasteiger partial charge in [-0.2, -0.15) is 0 Å². The van der Waals surface area contributed by atoms with Crippen molar-refractivity contribution >= 4 is 22.9 Å². The minimum Gasteiger partial charge on any atom is -0.149 e. The Kier molecular flexibility index (Phi) is 2.93. The summed E-state index contributed by atoms with van der Waals surface area (Å²) in [5.74, 6) is 2.29. The zero-order valence-electron chi connectivity index (χ0n) is 10.8. The van der Waals surface area contributed by atoms with Gasteiger partial charge in [0, 0.05) is 10.3 Å². The number of hydrogen-bond donors (Lipinski definition) is 0. The molecule has 1 aromatic carbocycles. The molecule has 0 aliphatic heterocycles. The van der Waals surface area contributed by atoms with Gasteiger partial charge in [-0.05, 0) is 59.6 Å². The Labute approximate surface area is 123 Å². The monoisotopic (exact) mass is 288 g/mol. The van der Waals surface area contributed by atoms with Crippen LogP contribution in [0.5, 0.6) is 0 Å². The van der Waals surface area contributed by atoms with Crippen molar-refractivity contribution in [2.45, 2.75) is 30.6 Å². The summed E-state index contributed by atoms with van der Waals surface area (Å²) in [5, 5.41) is 2.45. The van der Waals surface area contributed by atoms with Gasteiger partial charge in [0.2, 0.25) is 0 Å². The molecule has 0 bridgehead atoms. The molecule has 0 radical (unpaired) electrons. The van der Waals surface area contributed by atoms with E-state index in [4.69, 9.17) is 11.6 Å². The number of rotatable bonds is 3. The number of thiophene rings is 1. The van der Waals surface area contributed by atoms with E-state index in [0.717, 1.165) is 18.3 Å². The van der Waals surface area contributed by atoms with Crippen LogP contribution in [0.3, 0.4) is 0 Å². The van der Waals surface area contributed by atoms with Gasteiger partial charge in [-0.3, -0.25) is 0 Å². The van der Waals surface area contributed by atoms with E-state index in [1.807, 2.05) is 11.3 Å². The lowest BCUT2D eigenvalue weighted by Crippen LogP contribution is -2.07. The molecule has 1 saturated carbocycles. The second-order valence-corrected chi connectivity index (χ2v) is 7.40. The van der Waals surface area contributed by atoms with E-state index in [2.05, 4.69) is 41.8 Å². The zero-order valence-corrected chi connectivity index (χ0v) is 12.3. The van der Waals surface area contributed by atoms with Gasteiger partial charge in [0.15, 0.2) is 0 Å². The lowest BCUT2D eigenvalue weighted by atomic mass is 9.92. The molecular weight excluding hydrogens is 272 g/mol. The third kappa shape index (κ3) is 2.04. The average Bonchev–Trinajstić information content (AvgIpc) is 2.98. The van der Waals surface area contributed by atoms with E-state index in [9.17, 15) is 0 Å². The summed E-state index contributed by atoms with van der Waals surface area (Å²) in [4.78, 5) is 1.43. The number of fused-ring (bicyclic) bond motifs is 3. The van der Waals surface area contributed by atoms with Crippen LogP contribution in [0.2, 0.25) is 0 Å². The average molecular weight is 289 g/mol. The number of alkyl halides is 1. The smallest absolute Gasteiger partial charge is 0.0421 e. The molecule has 0 N–H and O–H groups in total. The normalized spacial score (nSPS) is 29.4. The summed E-state index contributed by atoms with van der Waals surface area (Å²) in [6, 6.07) is 13.3. The van der Waals surface area contributed by atoms with Gasteiger partial charge in [0.05, 0.1) is 0 Å². The molecule has 2 aromatic rings. The highest BCUT2D eigenvalue weighted by molar-refractivity contribution is 7.09. The van der Waals surface area contributed by atoms with Crippen LogP contribution >= 0.6 is 22.9 Å². The molecule has 1 aromatic heterocycles. The molecule has 1 fully saturated rings. The van der Waals surface area contributed by atoms with Crippen molar-refractivity contribution in [1.29, 1.82) is 0 Å². The first-order valence-electron chi connectivity index (χ1n) is 7.09. The summed E-state index contributed by atoms with van der Waals surface area (Å²) in [7, 11) is 0. The van der Waals surface area contributed by atoms with Gasteiger partial charge in [0.1, 0.15) is 0 Å². The fourth-order valence-corrected chi connectivity index (χ4v) is 5.24. The zero-order chi connectivity index (χ0) is 12.8. The maximum atomic E-state index is 6.72. The molecule has 0 nitrogen and oxygen atoms in total. The summed E-state index contributed by atoms with van der Waals surface area (Å²) in [6.45, 7) is 0. The van der Waals surface area contributed by atoms with Crippen molar-refractivity contribution in [3.63, 3.8) is 0 Å². The first-order valence-corrected chi connectivity index (χ1v) is 8.40. The summed E-state index contributed by atoms with van der Waals surface area (Å²) >= 11 is 8.55. The van der Waals surface area contributed by atoms with Gasteiger partial charge in [-0.1, -0.05) is 30.3 Å². The third-order valence-electron chi connectivity index (χ3n) is 4.78. The molecule has 1 heterocycles. The summed E-state index contributed by atoms with van der Waals surface area (Å²) in [6.07, 6.45) is 3.62. The number of benzene rings is 1. The molecule has 19 heavy (non-hydrogen) atoms. The topological polar surface area (TPSA) is 0 Å². The molecule has 0 saturated heterocycles. The molecule has 4 unspecified atom stereocenters. The van der Waals surface area contributed by atoms with Crippen molar-refractivity contribution in [3.8, 4) is 0 Å². The number of aryl methyl sites for hydroxylation is 1. The molecule has 0 amide bonds. The Balaban J connectivity index is 1.54. The van der Waals surface area contributed by atoms with Crippen LogP contribution in [0.15, 0.2) is 41.8 Å². The fourth-order valence-electron chi connectivity index (χ4n) is 3.87. The molecule has 2 aliphatic rings. The first-order chi connectivity index (χ1) is 9.34. The lowest BCUT2D eigenvalue weighted by molar-refractivity contribution is 0.611. The minimum absolute atomic E-state index is 0.305. The Hall–Kier alpha value is -0.790. The van der Waals surface area contributed by atoms with E-state index in [1.165, 1.54) is 17.7 Å². The molecule has 4 atom stereocenters. The van der Waals surface area contributed by atoms with Gasteiger partial charge < -0.3 is 0 Å². The highest BCUT2D eigenvalue weighted by atomic mass is 35.5. The van der Waals surface area contributed by atoms with Crippen LogP contribution in [0.1, 0.15) is 28.3 Å². The third-order valence-corrected chi connectivity index (χ3v) is 6.13. The summed E-state index contributed by atoms with van der Waals surface area (Å²) in [5.41, 5.74) is 3.15. The van der Waals surface area contributed by atoms with Crippen LogP contribution < -0.4 is 0 Å². The quantitative estimate of drug-likeness (QED) is 0.707. The standard InChI is InChI=1S/C17H17ClS/c18-15(10-12-5-3-9-19-12)17-14-8-7-11-4-1-2-6-13(11)16(14)17/h1-6,9,14-17H,7-8,10H2. The van der Waals surface area contributed by atoms with Crippen LogP contribution in [0.25, 0.3) is 0 Å². The van der Waals surface area contributed by atoms with Crippen LogP contribution in [-0.4, -0.2) is 5.38 Å². The van der Waals surface area contributed by atoms with E-state index in [1.54, 1.807) is 11.1 Å².